The highest BCUT2D eigenvalue weighted by molar-refractivity contribution is 7.14. The summed E-state index contributed by atoms with van der Waals surface area (Å²) >= 11 is 1.40. The number of nitrogens with one attached hydrogen (secondary N) is 1. The molecule has 0 aliphatic carbocycles. The van der Waals surface area contributed by atoms with Crippen molar-refractivity contribution in [3.63, 3.8) is 0 Å². The fourth-order valence-corrected chi connectivity index (χ4v) is 3.61. The van der Waals surface area contributed by atoms with Crippen LogP contribution in [0, 0.1) is 6.92 Å². The molecule has 0 unspecified atom stereocenters. The number of nitrogens with zero attached hydrogens (tertiary/aromatic N) is 1. The van der Waals surface area contributed by atoms with E-state index in [4.69, 9.17) is 9.47 Å². The summed E-state index contributed by atoms with van der Waals surface area (Å²) in [5, 5.41) is 5.34. The Morgan fingerprint density at radius 1 is 1.26 bits per heavy atom. The topological polar surface area (TPSA) is 60.5 Å². The number of carbonyl (C=O) groups is 1. The van der Waals surface area contributed by atoms with Crippen LogP contribution in [0.25, 0.3) is 11.3 Å². The lowest BCUT2D eigenvalue weighted by Gasteiger charge is -2.13. The molecule has 27 heavy (non-hydrogen) atoms. The fourth-order valence-electron chi connectivity index (χ4n) is 2.89. The third-order valence-electron chi connectivity index (χ3n) is 4.42. The molecule has 0 saturated carbocycles. The molecule has 2 heterocycles. The van der Waals surface area contributed by atoms with Crippen LogP contribution in [0.3, 0.4) is 0 Å². The zero-order chi connectivity index (χ0) is 18.8. The number of amides is 1. The first-order valence-electron chi connectivity index (χ1n) is 8.84. The predicted octanol–water partition coefficient (Wildman–Crippen LogP) is 4.46. The Kier molecular flexibility index (Phi) is 4.81. The largest absolute Gasteiger partial charge is 0.493 e. The first kappa shape index (κ1) is 17.5. The van der Waals surface area contributed by atoms with Gasteiger partial charge in [-0.2, -0.15) is 0 Å². The summed E-state index contributed by atoms with van der Waals surface area (Å²) in [7, 11) is 0. The minimum atomic E-state index is -0.614. The van der Waals surface area contributed by atoms with E-state index in [-0.39, 0.29) is 5.91 Å². The number of rotatable bonds is 5. The van der Waals surface area contributed by atoms with Crippen LogP contribution in [-0.4, -0.2) is 23.6 Å². The highest BCUT2D eigenvalue weighted by Crippen LogP contribution is 2.32. The van der Waals surface area contributed by atoms with Crippen molar-refractivity contribution in [3.05, 3.63) is 59.0 Å². The minimum absolute atomic E-state index is 0.223. The highest BCUT2D eigenvalue weighted by atomic mass is 32.1. The first-order chi connectivity index (χ1) is 13.1. The van der Waals surface area contributed by atoms with Gasteiger partial charge < -0.3 is 9.47 Å². The van der Waals surface area contributed by atoms with E-state index in [1.807, 2.05) is 48.7 Å². The van der Waals surface area contributed by atoms with E-state index in [2.05, 4.69) is 16.4 Å². The van der Waals surface area contributed by atoms with Crippen LogP contribution in [0.1, 0.15) is 18.1 Å². The lowest BCUT2D eigenvalue weighted by atomic mass is 10.1. The van der Waals surface area contributed by atoms with Gasteiger partial charge in [0.25, 0.3) is 5.91 Å². The number of hydrogen-bond donors (Lipinski definition) is 1. The van der Waals surface area contributed by atoms with Crippen molar-refractivity contribution >= 4 is 22.4 Å². The number of fused-ring (bicyclic) bond motifs is 1. The molecule has 138 valence electrons. The van der Waals surface area contributed by atoms with Gasteiger partial charge >= 0.3 is 0 Å². The summed E-state index contributed by atoms with van der Waals surface area (Å²) in [4.78, 5) is 16.9. The van der Waals surface area contributed by atoms with Crippen molar-refractivity contribution in [2.45, 2.75) is 26.4 Å². The van der Waals surface area contributed by atoms with Gasteiger partial charge in [-0.05, 0) is 49.7 Å². The van der Waals surface area contributed by atoms with E-state index < -0.39 is 6.10 Å². The maximum atomic E-state index is 12.4. The molecule has 1 aliphatic rings. The second-order valence-electron chi connectivity index (χ2n) is 6.52. The van der Waals surface area contributed by atoms with E-state index in [1.54, 1.807) is 6.92 Å². The Labute approximate surface area is 162 Å². The Hall–Kier alpha value is -2.86. The van der Waals surface area contributed by atoms with E-state index in [9.17, 15) is 4.79 Å². The quantitative estimate of drug-likeness (QED) is 0.710. The van der Waals surface area contributed by atoms with Gasteiger partial charge in [0.1, 0.15) is 11.5 Å². The second-order valence-corrected chi connectivity index (χ2v) is 7.38. The van der Waals surface area contributed by atoms with Crippen molar-refractivity contribution in [2.75, 3.05) is 11.9 Å². The van der Waals surface area contributed by atoms with Crippen LogP contribution in [0.4, 0.5) is 5.13 Å². The number of anilines is 1. The molecule has 0 bridgehead atoms. The second kappa shape index (κ2) is 7.40. The normalized spacial score (nSPS) is 13.6. The maximum absolute atomic E-state index is 12.4. The average Bonchev–Trinajstić information content (AvgIpc) is 3.32. The number of aromatic nitrogens is 1. The Balaban J connectivity index is 1.41. The van der Waals surface area contributed by atoms with Gasteiger partial charge in [-0.1, -0.05) is 17.7 Å². The Bertz CT molecular complexity index is 966. The summed E-state index contributed by atoms with van der Waals surface area (Å²) in [5.41, 5.74) is 4.22. The van der Waals surface area contributed by atoms with Crippen molar-refractivity contribution in [1.29, 1.82) is 0 Å². The van der Waals surface area contributed by atoms with Gasteiger partial charge in [0.2, 0.25) is 0 Å². The molecule has 1 amide bonds. The molecular weight excluding hydrogens is 360 g/mol. The van der Waals surface area contributed by atoms with Gasteiger partial charge in [0, 0.05) is 17.4 Å². The lowest BCUT2D eigenvalue weighted by Crippen LogP contribution is -2.30. The van der Waals surface area contributed by atoms with Gasteiger partial charge in [-0.3, -0.25) is 10.1 Å². The van der Waals surface area contributed by atoms with Crippen molar-refractivity contribution in [2.24, 2.45) is 0 Å². The van der Waals surface area contributed by atoms with Crippen LogP contribution in [0.5, 0.6) is 11.5 Å². The van der Waals surface area contributed by atoms with Gasteiger partial charge in [0.05, 0.1) is 12.3 Å². The molecular formula is C21H20N2O3S. The van der Waals surface area contributed by atoms with Crippen molar-refractivity contribution in [3.8, 4) is 22.8 Å². The molecule has 1 aliphatic heterocycles. The molecule has 6 heteroatoms. The van der Waals surface area contributed by atoms with Crippen LogP contribution >= 0.6 is 11.3 Å². The summed E-state index contributed by atoms with van der Waals surface area (Å²) in [6.45, 7) is 4.47. The van der Waals surface area contributed by atoms with Crippen LogP contribution < -0.4 is 14.8 Å². The minimum Gasteiger partial charge on any atom is -0.493 e. The summed E-state index contributed by atoms with van der Waals surface area (Å²) < 4.78 is 11.2. The molecule has 1 atom stereocenters. The van der Waals surface area contributed by atoms with Gasteiger partial charge in [0.15, 0.2) is 11.2 Å². The third kappa shape index (κ3) is 3.95. The van der Waals surface area contributed by atoms with Crippen LogP contribution in [-0.2, 0) is 11.2 Å². The number of thiazole rings is 1. The van der Waals surface area contributed by atoms with E-state index in [0.717, 1.165) is 35.6 Å². The van der Waals surface area contributed by atoms with Gasteiger partial charge in [-0.25, -0.2) is 4.98 Å². The number of hydrogen-bond acceptors (Lipinski definition) is 5. The summed E-state index contributed by atoms with van der Waals surface area (Å²) in [5.74, 6) is 1.40. The van der Waals surface area contributed by atoms with Crippen LogP contribution in [0.15, 0.2) is 47.8 Å². The predicted molar refractivity (Wildman–Crippen MR) is 107 cm³/mol. The Morgan fingerprint density at radius 2 is 2.07 bits per heavy atom. The molecule has 4 rings (SSSR count). The maximum Gasteiger partial charge on any atom is 0.266 e. The third-order valence-corrected chi connectivity index (χ3v) is 5.18. The molecule has 0 radical (unpaired) electrons. The van der Waals surface area contributed by atoms with E-state index in [0.29, 0.717) is 10.9 Å². The van der Waals surface area contributed by atoms with Gasteiger partial charge in [-0.15, -0.1) is 11.3 Å². The number of ether oxygens (including phenoxy) is 2. The van der Waals surface area contributed by atoms with Crippen molar-refractivity contribution < 1.29 is 14.3 Å². The Morgan fingerprint density at radius 3 is 2.89 bits per heavy atom. The molecule has 2 aromatic carbocycles. The summed E-state index contributed by atoms with van der Waals surface area (Å²) in [6.07, 6.45) is 0.308. The zero-order valence-corrected chi connectivity index (χ0v) is 16.0. The number of aryl methyl sites for hydroxylation is 1. The summed E-state index contributed by atoms with van der Waals surface area (Å²) in [6, 6.07) is 13.7. The number of benzene rings is 2. The molecule has 0 spiro atoms. The first-order valence-corrected chi connectivity index (χ1v) is 9.72. The monoisotopic (exact) mass is 380 g/mol. The van der Waals surface area contributed by atoms with Crippen LogP contribution in [0.2, 0.25) is 0 Å². The number of carbonyl (C=O) groups excluding carboxylic acids is 1. The zero-order valence-electron chi connectivity index (χ0n) is 15.2. The smallest absolute Gasteiger partial charge is 0.266 e. The highest BCUT2D eigenvalue weighted by Gasteiger charge is 2.18. The van der Waals surface area contributed by atoms with E-state index in [1.165, 1.54) is 16.9 Å². The molecule has 0 saturated heterocycles. The molecule has 3 aromatic rings. The molecule has 1 aromatic heterocycles. The van der Waals surface area contributed by atoms with E-state index >= 15 is 0 Å². The fraction of sp³-hybridized carbons (Fsp3) is 0.238. The molecule has 5 nitrogen and oxygen atoms in total. The SMILES string of the molecule is Cc1ccc(O[C@H](C)C(=O)Nc2nc(-c3ccc4c(c3)CCO4)cs2)cc1. The molecule has 0 fully saturated rings. The molecule has 1 N–H and O–H groups in total. The lowest BCUT2D eigenvalue weighted by molar-refractivity contribution is -0.122. The van der Waals surface area contributed by atoms with Crippen molar-refractivity contribution in [1.82, 2.24) is 4.98 Å². The standard InChI is InChI=1S/C21H20N2O3S/c1-13-3-6-17(7-4-13)26-14(2)20(24)23-21-22-18(12-27-21)15-5-8-19-16(11-15)9-10-25-19/h3-8,11-12,14H,9-10H2,1-2H3,(H,22,23,24)/t14-/m1/s1. The average molecular weight is 380 g/mol.